The van der Waals surface area contributed by atoms with Gasteiger partial charge in [-0.25, -0.2) is 4.99 Å². The maximum atomic E-state index is 5.83. The second-order valence-electron chi connectivity index (χ2n) is 7.50. The molecular formula is C14H27NO. The first-order valence-corrected chi connectivity index (χ1v) is 6.17. The van der Waals surface area contributed by atoms with Crippen LogP contribution in [0.4, 0.5) is 0 Å². The summed E-state index contributed by atoms with van der Waals surface area (Å²) in [5.74, 6) is 0.930. The average molecular weight is 225 g/mol. The molecule has 2 heteroatoms. The monoisotopic (exact) mass is 225 g/mol. The fraction of sp³-hybridized carbons (Fsp3) is 0.929. The number of nitrogens with zero attached hydrogens (tertiary/aromatic N) is 1. The SMILES string of the molecule is CC(C)(C)[C@H]1COC(C(C)(C)C(C)(C)C)=N1. The van der Waals surface area contributed by atoms with Crippen molar-refractivity contribution in [2.75, 3.05) is 6.61 Å². The summed E-state index contributed by atoms with van der Waals surface area (Å²) >= 11 is 0. The van der Waals surface area contributed by atoms with Crippen LogP contribution in [0.5, 0.6) is 0 Å². The first-order chi connectivity index (χ1) is 6.96. The molecule has 0 saturated carbocycles. The van der Waals surface area contributed by atoms with Crippen LogP contribution in [0.1, 0.15) is 55.4 Å². The first kappa shape index (κ1) is 13.5. The molecular weight excluding hydrogens is 198 g/mol. The van der Waals surface area contributed by atoms with Crippen molar-refractivity contribution >= 4 is 5.90 Å². The summed E-state index contributed by atoms with van der Waals surface area (Å²) in [4.78, 5) is 4.79. The molecule has 0 fully saturated rings. The van der Waals surface area contributed by atoms with Crippen molar-refractivity contribution in [2.24, 2.45) is 21.2 Å². The minimum Gasteiger partial charge on any atom is -0.478 e. The second-order valence-corrected chi connectivity index (χ2v) is 7.50. The van der Waals surface area contributed by atoms with Crippen LogP contribution in [0.2, 0.25) is 0 Å². The van der Waals surface area contributed by atoms with Crippen LogP contribution in [-0.4, -0.2) is 18.5 Å². The van der Waals surface area contributed by atoms with E-state index in [1.807, 2.05) is 0 Å². The fourth-order valence-corrected chi connectivity index (χ4v) is 1.48. The van der Waals surface area contributed by atoms with Crippen molar-refractivity contribution in [3.63, 3.8) is 0 Å². The molecule has 0 radical (unpaired) electrons. The summed E-state index contributed by atoms with van der Waals surface area (Å²) in [5.41, 5.74) is 0.349. The van der Waals surface area contributed by atoms with E-state index in [1.54, 1.807) is 0 Å². The molecule has 1 atom stereocenters. The van der Waals surface area contributed by atoms with E-state index in [2.05, 4.69) is 55.4 Å². The van der Waals surface area contributed by atoms with Crippen LogP contribution in [0.3, 0.4) is 0 Å². The molecule has 0 aliphatic carbocycles. The molecule has 2 nitrogen and oxygen atoms in total. The molecule has 1 aliphatic rings. The summed E-state index contributed by atoms with van der Waals surface area (Å²) in [6, 6.07) is 0.295. The van der Waals surface area contributed by atoms with Crippen LogP contribution < -0.4 is 0 Å². The van der Waals surface area contributed by atoms with Crippen LogP contribution in [0.15, 0.2) is 4.99 Å². The standard InChI is InChI=1S/C14H27NO/c1-12(2,3)10-9-16-11(15-10)14(7,8)13(4,5)6/h10H,9H2,1-8H3/t10-/m1/s1. The number of hydrogen-bond donors (Lipinski definition) is 0. The molecule has 0 N–H and O–H groups in total. The molecule has 0 saturated heterocycles. The molecule has 94 valence electrons. The Morgan fingerprint density at radius 1 is 1.00 bits per heavy atom. The van der Waals surface area contributed by atoms with E-state index < -0.39 is 0 Å². The fourth-order valence-electron chi connectivity index (χ4n) is 1.48. The largest absolute Gasteiger partial charge is 0.478 e. The van der Waals surface area contributed by atoms with Crippen LogP contribution in [-0.2, 0) is 4.74 Å². The topological polar surface area (TPSA) is 21.6 Å². The van der Waals surface area contributed by atoms with Gasteiger partial charge in [-0.2, -0.15) is 0 Å². The Bertz CT molecular complexity index is 289. The zero-order valence-electron chi connectivity index (χ0n) is 12.1. The Labute approximate surface area is 100 Å². The van der Waals surface area contributed by atoms with Crippen molar-refractivity contribution in [2.45, 2.75) is 61.4 Å². The summed E-state index contributed by atoms with van der Waals surface area (Å²) in [6.07, 6.45) is 0. The van der Waals surface area contributed by atoms with E-state index >= 15 is 0 Å². The number of rotatable bonds is 1. The van der Waals surface area contributed by atoms with Crippen LogP contribution in [0.25, 0.3) is 0 Å². The van der Waals surface area contributed by atoms with Gasteiger partial charge in [-0.05, 0) is 10.8 Å². The second kappa shape index (κ2) is 3.75. The van der Waals surface area contributed by atoms with E-state index in [-0.39, 0.29) is 16.2 Å². The maximum Gasteiger partial charge on any atom is 0.190 e. The Hall–Kier alpha value is -0.530. The van der Waals surface area contributed by atoms with Gasteiger partial charge in [0.1, 0.15) is 6.61 Å². The van der Waals surface area contributed by atoms with Gasteiger partial charge in [0, 0.05) is 5.41 Å². The van der Waals surface area contributed by atoms with E-state index in [1.165, 1.54) is 0 Å². The van der Waals surface area contributed by atoms with Gasteiger partial charge in [0.05, 0.1) is 6.04 Å². The highest BCUT2D eigenvalue weighted by molar-refractivity contribution is 5.84. The van der Waals surface area contributed by atoms with Gasteiger partial charge in [0.25, 0.3) is 0 Å². The zero-order chi connectivity index (χ0) is 12.8. The van der Waals surface area contributed by atoms with Gasteiger partial charge in [-0.3, -0.25) is 0 Å². The Balaban J connectivity index is 2.93. The minimum absolute atomic E-state index is 0.00694. The van der Waals surface area contributed by atoms with Gasteiger partial charge in [0.15, 0.2) is 5.90 Å². The van der Waals surface area contributed by atoms with Crippen molar-refractivity contribution in [1.82, 2.24) is 0 Å². The maximum absolute atomic E-state index is 5.83. The summed E-state index contributed by atoms with van der Waals surface area (Å²) < 4.78 is 5.83. The zero-order valence-corrected chi connectivity index (χ0v) is 12.1. The molecule has 1 aliphatic heterocycles. The first-order valence-electron chi connectivity index (χ1n) is 6.17. The highest BCUT2D eigenvalue weighted by Gasteiger charge is 2.43. The van der Waals surface area contributed by atoms with Gasteiger partial charge in [-0.15, -0.1) is 0 Å². The van der Waals surface area contributed by atoms with E-state index in [4.69, 9.17) is 9.73 Å². The van der Waals surface area contributed by atoms with Crippen molar-refractivity contribution in [3.05, 3.63) is 0 Å². The van der Waals surface area contributed by atoms with Crippen molar-refractivity contribution in [3.8, 4) is 0 Å². The number of hydrogen-bond acceptors (Lipinski definition) is 2. The summed E-state index contributed by atoms with van der Waals surface area (Å²) in [7, 11) is 0. The number of aliphatic imine (C=N–C) groups is 1. The molecule has 16 heavy (non-hydrogen) atoms. The van der Waals surface area contributed by atoms with Crippen molar-refractivity contribution < 1.29 is 4.74 Å². The highest BCUT2D eigenvalue weighted by Crippen LogP contribution is 2.42. The molecule has 0 bridgehead atoms. The molecule has 1 rings (SSSR count). The van der Waals surface area contributed by atoms with Crippen LogP contribution >= 0.6 is 0 Å². The summed E-state index contributed by atoms with van der Waals surface area (Å²) in [5, 5.41) is 0. The Kier molecular flexibility index (Phi) is 3.17. The molecule has 0 aromatic heterocycles. The number of ether oxygens (including phenoxy) is 1. The molecule has 1 heterocycles. The van der Waals surface area contributed by atoms with Crippen LogP contribution in [0, 0.1) is 16.2 Å². The van der Waals surface area contributed by atoms with E-state index in [0.717, 1.165) is 12.5 Å². The van der Waals surface area contributed by atoms with E-state index in [9.17, 15) is 0 Å². The Morgan fingerprint density at radius 3 is 1.81 bits per heavy atom. The third kappa shape index (κ3) is 2.41. The van der Waals surface area contributed by atoms with Gasteiger partial charge >= 0.3 is 0 Å². The predicted molar refractivity (Wildman–Crippen MR) is 69.9 cm³/mol. The molecule has 0 aromatic rings. The quantitative estimate of drug-likeness (QED) is 0.663. The third-order valence-electron chi connectivity index (χ3n) is 4.06. The molecule has 0 aromatic carbocycles. The predicted octanol–water partition coefficient (Wildman–Crippen LogP) is 3.90. The van der Waals surface area contributed by atoms with Gasteiger partial charge in [-0.1, -0.05) is 55.4 Å². The lowest BCUT2D eigenvalue weighted by Gasteiger charge is -2.37. The van der Waals surface area contributed by atoms with Gasteiger partial charge < -0.3 is 4.74 Å². The van der Waals surface area contributed by atoms with E-state index in [0.29, 0.717) is 6.04 Å². The molecule has 0 amide bonds. The van der Waals surface area contributed by atoms with Gasteiger partial charge in [0.2, 0.25) is 0 Å². The normalized spacial score (nSPS) is 23.0. The lowest BCUT2D eigenvalue weighted by Crippen LogP contribution is -2.37. The summed E-state index contributed by atoms with van der Waals surface area (Å²) in [6.45, 7) is 18.6. The molecule has 0 spiro atoms. The Morgan fingerprint density at radius 2 is 1.50 bits per heavy atom. The highest BCUT2D eigenvalue weighted by atomic mass is 16.5. The minimum atomic E-state index is -0.00694. The molecule has 0 unspecified atom stereocenters. The third-order valence-corrected chi connectivity index (χ3v) is 4.06. The smallest absolute Gasteiger partial charge is 0.190 e. The van der Waals surface area contributed by atoms with Crippen molar-refractivity contribution in [1.29, 1.82) is 0 Å². The lowest BCUT2D eigenvalue weighted by atomic mass is 9.69. The average Bonchev–Trinajstić information content (AvgIpc) is 2.47. The lowest BCUT2D eigenvalue weighted by molar-refractivity contribution is 0.161.